The van der Waals surface area contributed by atoms with Crippen molar-refractivity contribution in [2.24, 2.45) is 0 Å². The van der Waals surface area contributed by atoms with Crippen LogP contribution in [-0.2, 0) is 21.7 Å². The smallest absolute Gasteiger partial charge is 0.407 e. The lowest BCUT2D eigenvalue weighted by molar-refractivity contribution is 0.140. The molecule has 1 amide bonds. The third kappa shape index (κ3) is 8.69. The Morgan fingerprint density at radius 2 is 1.28 bits per heavy atom. The first-order chi connectivity index (χ1) is 28.0. The molecule has 0 fully saturated rings. The summed E-state index contributed by atoms with van der Waals surface area (Å²) >= 11 is 0. The van der Waals surface area contributed by atoms with E-state index in [0.717, 1.165) is 56.7 Å². The molecule has 0 radical (unpaired) electrons. The summed E-state index contributed by atoms with van der Waals surface area (Å²) in [6.07, 6.45) is 1.24. The Hall–Kier alpha value is -6.44. The Morgan fingerprint density at radius 3 is 1.84 bits per heavy atom. The summed E-state index contributed by atoms with van der Waals surface area (Å²) in [5, 5.41) is 19.6. The van der Waals surface area contributed by atoms with Crippen molar-refractivity contribution in [3.05, 3.63) is 197 Å². The topological polar surface area (TPSA) is 109 Å². The number of nitrogens with one attached hydrogen (secondary N) is 3. The molecule has 0 saturated heterocycles. The van der Waals surface area contributed by atoms with Crippen LogP contribution >= 0.6 is 0 Å². The molecule has 57 heavy (non-hydrogen) atoms. The third-order valence-electron chi connectivity index (χ3n) is 10.8. The first-order valence-corrected chi connectivity index (χ1v) is 19.4. The van der Waals surface area contributed by atoms with Gasteiger partial charge in [0.15, 0.2) is 0 Å². The molecule has 0 aliphatic heterocycles. The number of alkyl carbamates (subject to hydrolysis) is 1. The molecule has 7 rings (SSSR count). The maximum atomic E-state index is 13.6. The van der Waals surface area contributed by atoms with Crippen molar-refractivity contribution in [3.63, 3.8) is 0 Å². The lowest BCUT2D eigenvalue weighted by atomic mass is 9.77. The zero-order valence-electron chi connectivity index (χ0n) is 32.0. The standard InChI is InChI=1S/C49H47N3O5/c1-56-40-29-25-38(26-30-40)49(36-14-4-2-5-15-36,37-16-6-3-7-17-37)50-31-13-12-22-46(47(33-54)51-39-27-23-35(32-53)24-28-39)52-48(55)57-34-45-43-20-10-8-18-41(43)42-19-9-11-21-44(42)45/h2-11,14-21,23-30,45-46,50-51,53H,12-13,22,31-32,34H2,1H3,(H,52,55)/t46-/m0/s1. The van der Waals surface area contributed by atoms with Crippen LogP contribution in [0.15, 0.2) is 163 Å². The summed E-state index contributed by atoms with van der Waals surface area (Å²) in [6.45, 7) is 0.688. The number of benzene rings is 6. The first kappa shape index (κ1) is 38.8. The molecular formula is C49H47N3O5. The summed E-state index contributed by atoms with van der Waals surface area (Å²) in [4.78, 5) is 26.1. The Kier molecular flexibility index (Phi) is 12.6. The average molecular weight is 758 g/mol. The summed E-state index contributed by atoms with van der Waals surface area (Å²) < 4.78 is 11.4. The van der Waals surface area contributed by atoms with Crippen molar-refractivity contribution < 1.29 is 24.2 Å². The normalized spacial score (nSPS) is 12.5. The summed E-state index contributed by atoms with van der Waals surface area (Å²) in [5.41, 5.74) is 8.70. The molecule has 1 aliphatic rings. The largest absolute Gasteiger partial charge is 0.497 e. The van der Waals surface area contributed by atoms with E-state index < -0.39 is 17.7 Å². The van der Waals surface area contributed by atoms with Crippen LogP contribution in [0, 0.1) is 0 Å². The highest BCUT2D eigenvalue weighted by Gasteiger charge is 2.36. The van der Waals surface area contributed by atoms with Gasteiger partial charge in [-0.15, -0.1) is 0 Å². The average Bonchev–Trinajstić information content (AvgIpc) is 3.60. The molecule has 6 aromatic rings. The van der Waals surface area contributed by atoms with Crippen LogP contribution in [0.3, 0.4) is 0 Å². The van der Waals surface area contributed by atoms with Gasteiger partial charge in [-0.1, -0.05) is 133 Å². The van der Waals surface area contributed by atoms with Crippen LogP contribution in [-0.4, -0.2) is 43.4 Å². The quantitative estimate of drug-likeness (QED) is 0.0418. The van der Waals surface area contributed by atoms with Gasteiger partial charge >= 0.3 is 6.09 Å². The number of methoxy groups -OCH3 is 1. The maximum Gasteiger partial charge on any atom is 0.407 e. The molecule has 0 saturated carbocycles. The molecule has 1 atom stereocenters. The number of aliphatic hydroxyl groups is 1. The number of fused-ring (bicyclic) bond motifs is 3. The molecule has 0 heterocycles. The van der Waals surface area contributed by atoms with Crippen molar-refractivity contribution in [3.8, 4) is 16.9 Å². The van der Waals surface area contributed by atoms with Gasteiger partial charge in [-0.2, -0.15) is 0 Å². The number of hydrogen-bond acceptors (Lipinski definition) is 7. The van der Waals surface area contributed by atoms with E-state index >= 15 is 0 Å². The predicted molar refractivity (Wildman–Crippen MR) is 225 cm³/mol. The number of carbonyl (C=O) groups excluding carboxylic acids is 2. The third-order valence-corrected chi connectivity index (χ3v) is 10.8. The fourth-order valence-corrected chi connectivity index (χ4v) is 7.88. The fraction of sp³-hybridized carbons (Fsp3) is 0.204. The van der Waals surface area contributed by atoms with Gasteiger partial charge in [-0.25, -0.2) is 9.59 Å². The van der Waals surface area contributed by atoms with Gasteiger partial charge in [-0.05, 0) is 94.6 Å². The van der Waals surface area contributed by atoms with Gasteiger partial charge in [-0.3, -0.25) is 5.32 Å². The van der Waals surface area contributed by atoms with E-state index in [1.807, 2.05) is 48.5 Å². The van der Waals surface area contributed by atoms with Gasteiger partial charge in [0.05, 0.1) is 25.3 Å². The van der Waals surface area contributed by atoms with Crippen molar-refractivity contribution in [1.82, 2.24) is 10.6 Å². The van der Waals surface area contributed by atoms with Gasteiger partial charge in [0.1, 0.15) is 24.0 Å². The van der Waals surface area contributed by atoms with E-state index in [2.05, 4.69) is 107 Å². The lowest BCUT2D eigenvalue weighted by Gasteiger charge is -2.37. The van der Waals surface area contributed by atoms with E-state index in [1.54, 1.807) is 31.4 Å². The fourth-order valence-electron chi connectivity index (χ4n) is 7.88. The molecule has 8 nitrogen and oxygen atoms in total. The van der Waals surface area contributed by atoms with E-state index in [9.17, 15) is 14.7 Å². The lowest BCUT2D eigenvalue weighted by Crippen LogP contribution is -2.45. The molecule has 1 aliphatic carbocycles. The minimum Gasteiger partial charge on any atom is -0.497 e. The molecule has 0 unspecified atom stereocenters. The molecule has 0 aromatic heterocycles. The van der Waals surface area contributed by atoms with Crippen molar-refractivity contribution >= 4 is 17.7 Å². The second kappa shape index (κ2) is 18.5. The SMILES string of the molecule is COc1ccc(C(NCCCC[C@H](NC(=O)OCC2c3ccccc3-c3ccccc32)C(=C=O)Nc2ccc(CO)cc2)(c2ccccc2)c2ccccc2)cc1. The van der Waals surface area contributed by atoms with E-state index in [0.29, 0.717) is 25.1 Å². The Bertz CT molecular complexity index is 2200. The highest BCUT2D eigenvalue weighted by molar-refractivity contribution is 5.79. The van der Waals surface area contributed by atoms with E-state index in [-0.39, 0.29) is 24.8 Å². The van der Waals surface area contributed by atoms with Crippen molar-refractivity contribution in [1.29, 1.82) is 0 Å². The Labute approximate surface area is 334 Å². The van der Waals surface area contributed by atoms with Gasteiger partial charge in [0.2, 0.25) is 0 Å². The van der Waals surface area contributed by atoms with Gasteiger partial charge in [0, 0.05) is 11.6 Å². The summed E-state index contributed by atoms with van der Waals surface area (Å²) in [7, 11) is 1.66. The molecule has 8 heteroatoms. The number of ether oxygens (including phenoxy) is 2. The molecule has 0 bridgehead atoms. The van der Waals surface area contributed by atoms with E-state index in [1.165, 1.54) is 0 Å². The molecular weight excluding hydrogens is 711 g/mol. The highest BCUT2D eigenvalue weighted by Crippen LogP contribution is 2.44. The number of hydrogen-bond donors (Lipinski definition) is 4. The highest BCUT2D eigenvalue weighted by atomic mass is 16.5. The number of unbranched alkanes of at least 4 members (excludes halogenated alkanes) is 1. The molecule has 288 valence electrons. The van der Waals surface area contributed by atoms with Crippen LogP contribution in [0.2, 0.25) is 0 Å². The summed E-state index contributed by atoms with van der Waals surface area (Å²) in [6, 6.07) is 51.8. The summed E-state index contributed by atoms with van der Waals surface area (Å²) in [5.74, 6) is 2.74. The Morgan fingerprint density at radius 1 is 0.719 bits per heavy atom. The van der Waals surface area contributed by atoms with Crippen molar-refractivity contribution in [2.75, 3.05) is 25.6 Å². The van der Waals surface area contributed by atoms with Crippen LogP contribution in [0.1, 0.15) is 58.6 Å². The number of rotatable bonds is 17. The van der Waals surface area contributed by atoms with Crippen LogP contribution in [0.5, 0.6) is 5.75 Å². The second-order valence-electron chi connectivity index (χ2n) is 14.2. The first-order valence-electron chi connectivity index (χ1n) is 19.4. The second-order valence-corrected chi connectivity index (χ2v) is 14.2. The maximum absolute atomic E-state index is 13.6. The van der Waals surface area contributed by atoms with E-state index in [4.69, 9.17) is 9.47 Å². The van der Waals surface area contributed by atoms with Crippen molar-refractivity contribution in [2.45, 2.75) is 43.4 Å². The zero-order valence-corrected chi connectivity index (χ0v) is 32.0. The number of carbonyl (C=O) groups is 1. The number of aliphatic hydroxyl groups excluding tert-OH is 1. The molecule has 4 N–H and O–H groups in total. The monoisotopic (exact) mass is 757 g/mol. The number of anilines is 1. The van der Waals surface area contributed by atoms with Crippen LogP contribution in [0.4, 0.5) is 10.5 Å². The van der Waals surface area contributed by atoms with Crippen LogP contribution < -0.4 is 20.7 Å². The minimum atomic E-state index is -0.703. The number of amides is 1. The molecule has 0 spiro atoms. The predicted octanol–water partition coefficient (Wildman–Crippen LogP) is 8.97. The van der Waals surface area contributed by atoms with Gasteiger partial charge in [0.25, 0.3) is 0 Å². The molecule has 6 aromatic carbocycles. The zero-order chi connectivity index (χ0) is 39.5. The van der Waals surface area contributed by atoms with Crippen LogP contribution in [0.25, 0.3) is 11.1 Å². The Balaban J connectivity index is 1.08. The van der Waals surface area contributed by atoms with Gasteiger partial charge < -0.3 is 25.2 Å². The minimum absolute atomic E-state index is 0.0923.